The lowest BCUT2D eigenvalue weighted by atomic mass is 9.97. The van der Waals surface area contributed by atoms with Crippen LogP contribution in [0, 0.1) is 6.92 Å². The molecule has 1 saturated carbocycles. The third kappa shape index (κ3) is 6.88. The molecule has 0 bridgehead atoms. The van der Waals surface area contributed by atoms with Gasteiger partial charge in [-0.15, -0.1) is 11.8 Å². The van der Waals surface area contributed by atoms with Gasteiger partial charge in [-0.25, -0.2) is 0 Å². The first kappa shape index (κ1) is 21.4. The molecule has 0 aliphatic heterocycles. The molecule has 0 spiro atoms. The summed E-state index contributed by atoms with van der Waals surface area (Å²) in [5, 5.41) is 9.66. The van der Waals surface area contributed by atoms with E-state index in [-0.39, 0.29) is 24.4 Å². The standard InChI is InChI=1S/C21H28N4O3S/c1-15-23-20(28-25-15)13-22-21(27)17-11-7-8-12-18(17)29-14-19(26)24-16-9-5-3-2-4-6-10-16/h7-8,11-12,16H,2-6,9-10,13-14H2,1H3,(H,22,27)(H,24,26). The summed E-state index contributed by atoms with van der Waals surface area (Å²) in [7, 11) is 0. The van der Waals surface area contributed by atoms with Crippen LogP contribution in [0.1, 0.15) is 67.0 Å². The van der Waals surface area contributed by atoms with Gasteiger partial charge in [0.1, 0.15) is 0 Å². The third-order valence-corrected chi connectivity index (χ3v) is 6.00. The molecule has 156 valence electrons. The number of carbonyl (C=O) groups is 2. The molecular formula is C21H28N4O3S. The summed E-state index contributed by atoms with van der Waals surface area (Å²) in [6.45, 7) is 1.89. The van der Waals surface area contributed by atoms with E-state index in [1.807, 2.05) is 18.2 Å². The fraction of sp³-hybridized carbons (Fsp3) is 0.524. The first-order valence-electron chi connectivity index (χ1n) is 10.2. The summed E-state index contributed by atoms with van der Waals surface area (Å²) in [5.74, 6) is 0.977. The molecule has 1 aliphatic carbocycles. The van der Waals surface area contributed by atoms with Crippen LogP contribution >= 0.6 is 11.8 Å². The van der Waals surface area contributed by atoms with Crippen molar-refractivity contribution in [1.29, 1.82) is 0 Å². The van der Waals surface area contributed by atoms with Gasteiger partial charge in [-0.1, -0.05) is 49.4 Å². The van der Waals surface area contributed by atoms with Crippen LogP contribution in [-0.2, 0) is 11.3 Å². The predicted octanol–water partition coefficient (Wildman–Crippen LogP) is 3.63. The van der Waals surface area contributed by atoms with Gasteiger partial charge in [0.25, 0.3) is 5.91 Å². The van der Waals surface area contributed by atoms with E-state index in [4.69, 9.17) is 4.52 Å². The number of thioether (sulfide) groups is 1. The Labute approximate surface area is 175 Å². The number of hydrogen-bond acceptors (Lipinski definition) is 6. The molecule has 0 unspecified atom stereocenters. The quantitative estimate of drug-likeness (QED) is 0.669. The molecule has 2 aromatic rings. The molecule has 7 nitrogen and oxygen atoms in total. The zero-order valence-electron chi connectivity index (χ0n) is 16.8. The Kier molecular flexibility index (Phi) is 8.10. The van der Waals surface area contributed by atoms with E-state index in [1.165, 1.54) is 43.9 Å². The van der Waals surface area contributed by atoms with Crippen molar-refractivity contribution in [3.05, 3.63) is 41.5 Å². The van der Waals surface area contributed by atoms with Gasteiger partial charge in [0, 0.05) is 10.9 Å². The number of benzene rings is 1. The van der Waals surface area contributed by atoms with E-state index in [2.05, 4.69) is 20.8 Å². The summed E-state index contributed by atoms with van der Waals surface area (Å²) < 4.78 is 5.01. The summed E-state index contributed by atoms with van der Waals surface area (Å²) in [6, 6.07) is 7.57. The highest BCUT2D eigenvalue weighted by Crippen LogP contribution is 2.23. The van der Waals surface area contributed by atoms with Crippen LogP contribution < -0.4 is 10.6 Å². The topological polar surface area (TPSA) is 97.1 Å². The molecule has 8 heteroatoms. The lowest BCUT2D eigenvalue weighted by Crippen LogP contribution is -2.36. The summed E-state index contributed by atoms with van der Waals surface area (Å²) >= 11 is 1.38. The van der Waals surface area contributed by atoms with Gasteiger partial charge in [-0.2, -0.15) is 4.98 Å². The van der Waals surface area contributed by atoms with Gasteiger partial charge in [0.15, 0.2) is 5.82 Å². The zero-order valence-corrected chi connectivity index (χ0v) is 17.6. The summed E-state index contributed by atoms with van der Waals surface area (Å²) in [6.07, 6.45) is 8.30. The fourth-order valence-corrected chi connectivity index (χ4v) is 4.32. The van der Waals surface area contributed by atoms with E-state index >= 15 is 0 Å². The molecule has 1 aromatic carbocycles. The van der Waals surface area contributed by atoms with Crippen LogP contribution in [0.25, 0.3) is 0 Å². The molecule has 0 atom stereocenters. The van der Waals surface area contributed by atoms with Gasteiger partial charge in [0.2, 0.25) is 11.8 Å². The van der Waals surface area contributed by atoms with Crippen molar-refractivity contribution in [2.75, 3.05) is 5.75 Å². The molecule has 1 aliphatic rings. The average molecular weight is 417 g/mol. The van der Waals surface area contributed by atoms with E-state index in [0.717, 1.165) is 17.7 Å². The highest BCUT2D eigenvalue weighted by Gasteiger charge is 2.16. The largest absolute Gasteiger partial charge is 0.353 e. The van der Waals surface area contributed by atoms with Crippen molar-refractivity contribution in [3.8, 4) is 0 Å². The normalized spacial score (nSPS) is 15.3. The Morgan fingerprint density at radius 2 is 1.86 bits per heavy atom. The molecule has 2 N–H and O–H groups in total. The van der Waals surface area contributed by atoms with Crippen LogP contribution in [0.5, 0.6) is 0 Å². The minimum Gasteiger partial charge on any atom is -0.353 e. The molecule has 2 amide bonds. The van der Waals surface area contributed by atoms with Gasteiger partial charge in [-0.05, 0) is 31.9 Å². The van der Waals surface area contributed by atoms with Crippen LogP contribution in [0.15, 0.2) is 33.7 Å². The van der Waals surface area contributed by atoms with Crippen molar-refractivity contribution < 1.29 is 14.1 Å². The summed E-state index contributed by atoms with van der Waals surface area (Å²) in [5.41, 5.74) is 0.535. The lowest BCUT2D eigenvalue weighted by molar-refractivity contribution is -0.119. The first-order chi connectivity index (χ1) is 14.1. The monoisotopic (exact) mass is 416 g/mol. The van der Waals surface area contributed by atoms with Crippen molar-refractivity contribution in [2.45, 2.75) is 69.4 Å². The molecule has 1 fully saturated rings. The third-order valence-electron chi connectivity index (χ3n) is 4.93. The van der Waals surface area contributed by atoms with Crippen LogP contribution in [0.4, 0.5) is 0 Å². The van der Waals surface area contributed by atoms with E-state index < -0.39 is 0 Å². The molecule has 3 rings (SSSR count). The molecule has 29 heavy (non-hydrogen) atoms. The summed E-state index contributed by atoms with van der Waals surface area (Å²) in [4.78, 5) is 29.8. The first-order valence-corrected chi connectivity index (χ1v) is 11.2. The minimum absolute atomic E-state index is 0.0251. The Morgan fingerprint density at radius 3 is 2.59 bits per heavy atom. The SMILES string of the molecule is Cc1noc(CNC(=O)c2ccccc2SCC(=O)NC2CCCCCCC2)n1. The number of nitrogens with zero attached hydrogens (tertiary/aromatic N) is 2. The zero-order chi connectivity index (χ0) is 20.5. The molecule has 0 radical (unpaired) electrons. The number of aromatic nitrogens is 2. The number of rotatable bonds is 7. The molecular weight excluding hydrogens is 388 g/mol. The van der Waals surface area contributed by atoms with E-state index in [0.29, 0.717) is 23.0 Å². The van der Waals surface area contributed by atoms with Crippen molar-refractivity contribution >= 4 is 23.6 Å². The minimum atomic E-state index is -0.232. The maximum atomic E-state index is 12.6. The van der Waals surface area contributed by atoms with Crippen molar-refractivity contribution in [1.82, 2.24) is 20.8 Å². The van der Waals surface area contributed by atoms with E-state index in [1.54, 1.807) is 13.0 Å². The second-order valence-corrected chi connectivity index (χ2v) is 8.33. The highest BCUT2D eigenvalue weighted by atomic mass is 32.2. The molecule has 1 aromatic heterocycles. The Bertz CT molecular complexity index is 816. The van der Waals surface area contributed by atoms with Crippen LogP contribution in [-0.4, -0.2) is 33.7 Å². The van der Waals surface area contributed by atoms with E-state index in [9.17, 15) is 9.59 Å². The number of carbonyl (C=O) groups excluding carboxylic acids is 2. The second kappa shape index (κ2) is 11.0. The predicted molar refractivity (Wildman–Crippen MR) is 112 cm³/mol. The highest BCUT2D eigenvalue weighted by molar-refractivity contribution is 8.00. The molecule has 1 heterocycles. The smallest absolute Gasteiger partial charge is 0.252 e. The van der Waals surface area contributed by atoms with Crippen molar-refractivity contribution in [2.24, 2.45) is 0 Å². The number of amides is 2. The number of aryl methyl sites for hydroxylation is 1. The van der Waals surface area contributed by atoms with Gasteiger partial charge in [-0.3, -0.25) is 9.59 Å². The molecule has 0 saturated heterocycles. The van der Waals surface area contributed by atoms with Gasteiger partial charge < -0.3 is 15.2 Å². The fourth-order valence-electron chi connectivity index (χ4n) is 3.46. The van der Waals surface area contributed by atoms with Gasteiger partial charge in [0.05, 0.1) is 17.9 Å². The maximum Gasteiger partial charge on any atom is 0.252 e. The maximum absolute atomic E-state index is 12.6. The van der Waals surface area contributed by atoms with Gasteiger partial charge >= 0.3 is 0 Å². The average Bonchev–Trinajstić information content (AvgIpc) is 3.12. The van der Waals surface area contributed by atoms with Crippen LogP contribution in [0.2, 0.25) is 0 Å². The number of hydrogen-bond donors (Lipinski definition) is 2. The Balaban J connectivity index is 1.51. The second-order valence-electron chi connectivity index (χ2n) is 7.31. The lowest BCUT2D eigenvalue weighted by Gasteiger charge is -2.21. The Morgan fingerprint density at radius 1 is 1.14 bits per heavy atom. The van der Waals surface area contributed by atoms with Crippen LogP contribution in [0.3, 0.4) is 0 Å². The Hall–Kier alpha value is -2.35. The number of nitrogens with one attached hydrogen (secondary N) is 2. The van der Waals surface area contributed by atoms with Crippen molar-refractivity contribution in [3.63, 3.8) is 0 Å².